The highest BCUT2D eigenvalue weighted by atomic mass is 32.2. The SMILES string of the molecule is CC(C)(CCCSCCCSCCCC(C)(C)Cc1nnn[nH]1)Cc1nnn[nH]1. The number of aromatic amines is 2. The lowest BCUT2D eigenvalue weighted by Gasteiger charge is -2.22. The van der Waals surface area contributed by atoms with Gasteiger partial charge in [-0.05, 0) is 86.8 Å². The Bertz CT molecular complexity index is 587. The minimum Gasteiger partial charge on any atom is -0.243 e. The fourth-order valence-electron chi connectivity index (χ4n) is 3.36. The molecule has 0 aromatic carbocycles. The van der Waals surface area contributed by atoms with Crippen LogP contribution in [0.4, 0.5) is 0 Å². The second-order valence-corrected chi connectivity index (χ2v) is 11.6. The number of nitrogens with zero attached hydrogens (tertiary/aromatic N) is 6. The van der Waals surface area contributed by atoms with Gasteiger partial charge in [0.25, 0.3) is 0 Å². The molecular weight excluding hydrogens is 404 g/mol. The maximum atomic E-state index is 4.00. The molecule has 0 amide bonds. The first-order valence-electron chi connectivity index (χ1n) is 10.5. The highest BCUT2D eigenvalue weighted by Crippen LogP contribution is 2.28. The molecule has 2 aromatic rings. The molecule has 0 aliphatic carbocycles. The molecule has 0 bridgehead atoms. The average Bonchev–Trinajstić information content (AvgIpc) is 3.33. The Morgan fingerprint density at radius 2 is 1.07 bits per heavy atom. The van der Waals surface area contributed by atoms with Gasteiger partial charge in [0.2, 0.25) is 0 Å². The van der Waals surface area contributed by atoms with E-state index in [-0.39, 0.29) is 10.8 Å². The van der Waals surface area contributed by atoms with Crippen LogP contribution in [0.15, 0.2) is 0 Å². The van der Waals surface area contributed by atoms with Crippen LogP contribution in [-0.2, 0) is 12.8 Å². The van der Waals surface area contributed by atoms with Crippen LogP contribution >= 0.6 is 23.5 Å². The Morgan fingerprint density at radius 3 is 1.45 bits per heavy atom. The Hall–Kier alpha value is -1.16. The number of H-pyrrole nitrogens is 2. The molecule has 164 valence electrons. The average molecular weight is 441 g/mol. The zero-order valence-electron chi connectivity index (χ0n) is 18.3. The van der Waals surface area contributed by atoms with E-state index in [9.17, 15) is 0 Å². The fourth-order valence-corrected chi connectivity index (χ4v) is 5.35. The summed E-state index contributed by atoms with van der Waals surface area (Å²) >= 11 is 4.18. The van der Waals surface area contributed by atoms with Crippen LogP contribution in [0.1, 0.15) is 71.4 Å². The molecule has 0 spiro atoms. The minimum absolute atomic E-state index is 0.245. The van der Waals surface area contributed by atoms with E-state index in [0.717, 1.165) is 24.5 Å². The molecule has 10 heteroatoms. The monoisotopic (exact) mass is 440 g/mol. The second kappa shape index (κ2) is 12.5. The largest absolute Gasteiger partial charge is 0.243 e. The normalized spacial score (nSPS) is 12.6. The topological polar surface area (TPSA) is 109 Å². The summed E-state index contributed by atoms with van der Waals surface area (Å²) in [6.45, 7) is 9.17. The lowest BCUT2D eigenvalue weighted by atomic mass is 9.84. The lowest BCUT2D eigenvalue weighted by Crippen LogP contribution is -2.16. The molecular formula is C19H36N8S2. The third-order valence-electron chi connectivity index (χ3n) is 4.93. The minimum atomic E-state index is 0.245. The predicted molar refractivity (Wildman–Crippen MR) is 121 cm³/mol. The summed E-state index contributed by atoms with van der Waals surface area (Å²) in [5.74, 6) is 6.80. The highest BCUT2D eigenvalue weighted by Gasteiger charge is 2.20. The van der Waals surface area contributed by atoms with Gasteiger partial charge in [0.15, 0.2) is 0 Å². The molecule has 2 heterocycles. The molecule has 0 fully saturated rings. The maximum Gasteiger partial charge on any atom is 0.148 e. The molecule has 0 radical (unpaired) electrons. The van der Waals surface area contributed by atoms with E-state index in [1.54, 1.807) is 0 Å². The van der Waals surface area contributed by atoms with Gasteiger partial charge in [-0.3, -0.25) is 0 Å². The number of tetrazole rings is 2. The third-order valence-corrected chi connectivity index (χ3v) is 7.24. The van der Waals surface area contributed by atoms with Crippen LogP contribution in [-0.4, -0.2) is 64.3 Å². The molecule has 0 saturated carbocycles. The van der Waals surface area contributed by atoms with E-state index in [2.05, 4.69) is 92.5 Å². The van der Waals surface area contributed by atoms with E-state index in [1.165, 1.54) is 55.1 Å². The quantitative estimate of drug-likeness (QED) is 0.377. The van der Waals surface area contributed by atoms with E-state index < -0.39 is 0 Å². The van der Waals surface area contributed by atoms with E-state index in [1.807, 2.05) is 0 Å². The van der Waals surface area contributed by atoms with Gasteiger partial charge >= 0.3 is 0 Å². The van der Waals surface area contributed by atoms with E-state index in [4.69, 9.17) is 0 Å². The van der Waals surface area contributed by atoms with Gasteiger partial charge in [0.1, 0.15) is 11.6 Å². The van der Waals surface area contributed by atoms with Crippen molar-refractivity contribution in [3.63, 3.8) is 0 Å². The van der Waals surface area contributed by atoms with Gasteiger partial charge in [0, 0.05) is 12.8 Å². The van der Waals surface area contributed by atoms with Crippen molar-refractivity contribution in [3.8, 4) is 0 Å². The zero-order chi connectivity index (χ0) is 21.0. The van der Waals surface area contributed by atoms with Gasteiger partial charge < -0.3 is 0 Å². The first-order chi connectivity index (χ1) is 13.9. The summed E-state index contributed by atoms with van der Waals surface area (Å²) < 4.78 is 0. The predicted octanol–water partition coefficient (Wildman–Crippen LogP) is 3.97. The number of hydrogen-bond acceptors (Lipinski definition) is 8. The number of hydrogen-bond donors (Lipinski definition) is 2. The smallest absolute Gasteiger partial charge is 0.148 e. The first kappa shape index (κ1) is 24.1. The van der Waals surface area contributed by atoms with Crippen LogP contribution in [0.25, 0.3) is 0 Å². The molecule has 29 heavy (non-hydrogen) atoms. The Kier molecular flexibility index (Phi) is 10.4. The van der Waals surface area contributed by atoms with Crippen LogP contribution in [0, 0.1) is 10.8 Å². The standard InChI is InChI=1S/C19H36N8S2/c1-18(2,14-16-20-24-25-21-16)8-5-10-28-12-7-13-29-11-6-9-19(3,4)15-17-22-26-27-23-17/h5-15H2,1-4H3,(H,20,21,24,25)(H,22,23,26,27). The molecule has 0 atom stereocenters. The molecule has 0 saturated heterocycles. The Morgan fingerprint density at radius 1 is 0.655 bits per heavy atom. The summed E-state index contributed by atoms with van der Waals surface area (Å²) in [5, 5.41) is 28.3. The van der Waals surface area contributed by atoms with Crippen molar-refractivity contribution in [1.82, 2.24) is 41.2 Å². The van der Waals surface area contributed by atoms with Crippen molar-refractivity contribution in [3.05, 3.63) is 11.6 Å². The number of rotatable bonds is 16. The van der Waals surface area contributed by atoms with E-state index >= 15 is 0 Å². The first-order valence-corrected chi connectivity index (χ1v) is 12.8. The molecule has 2 rings (SSSR count). The molecule has 2 N–H and O–H groups in total. The van der Waals surface area contributed by atoms with Crippen molar-refractivity contribution in [2.45, 2.75) is 72.6 Å². The Labute approximate surface area is 182 Å². The zero-order valence-corrected chi connectivity index (χ0v) is 19.9. The van der Waals surface area contributed by atoms with E-state index in [0.29, 0.717) is 0 Å². The van der Waals surface area contributed by atoms with Gasteiger partial charge in [-0.2, -0.15) is 23.5 Å². The van der Waals surface area contributed by atoms with Gasteiger partial charge in [-0.15, -0.1) is 10.2 Å². The third kappa shape index (κ3) is 11.0. The van der Waals surface area contributed by atoms with Crippen molar-refractivity contribution in [1.29, 1.82) is 0 Å². The highest BCUT2D eigenvalue weighted by molar-refractivity contribution is 8.00. The maximum absolute atomic E-state index is 4.00. The van der Waals surface area contributed by atoms with Gasteiger partial charge in [0.05, 0.1) is 0 Å². The lowest BCUT2D eigenvalue weighted by molar-refractivity contribution is 0.323. The molecule has 0 unspecified atom stereocenters. The van der Waals surface area contributed by atoms with Crippen molar-refractivity contribution in [2.75, 3.05) is 23.0 Å². The molecule has 0 aliphatic rings. The van der Waals surface area contributed by atoms with Crippen molar-refractivity contribution in [2.24, 2.45) is 10.8 Å². The van der Waals surface area contributed by atoms with Crippen LogP contribution < -0.4 is 0 Å². The number of thioether (sulfide) groups is 2. The summed E-state index contributed by atoms with van der Waals surface area (Å²) in [6, 6.07) is 0. The van der Waals surface area contributed by atoms with Gasteiger partial charge in [-0.1, -0.05) is 27.7 Å². The summed E-state index contributed by atoms with van der Waals surface area (Å²) in [7, 11) is 0. The van der Waals surface area contributed by atoms with Crippen LogP contribution in [0.3, 0.4) is 0 Å². The summed E-state index contributed by atoms with van der Waals surface area (Å²) in [5.41, 5.74) is 0.491. The number of nitrogens with one attached hydrogen (secondary N) is 2. The fraction of sp³-hybridized carbons (Fsp3) is 0.895. The Balaban J connectivity index is 1.39. The summed E-state index contributed by atoms with van der Waals surface area (Å²) in [4.78, 5) is 0. The van der Waals surface area contributed by atoms with Crippen LogP contribution in [0.2, 0.25) is 0 Å². The van der Waals surface area contributed by atoms with Crippen LogP contribution in [0.5, 0.6) is 0 Å². The van der Waals surface area contributed by atoms with Gasteiger partial charge in [-0.25, -0.2) is 10.2 Å². The summed E-state index contributed by atoms with van der Waals surface area (Å²) in [6.07, 6.45) is 8.03. The second-order valence-electron chi connectivity index (χ2n) is 9.16. The molecule has 0 aliphatic heterocycles. The van der Waals surface area contributed by atoms with Crippen molar-refractivity contribution < 1.29 is 0 Å². The molecule has 8 nitrogen and oxygen atoms in total. The van der Waals surface area contributed by atoms with Crippen molar-refractivity contribution >= 4 is 23.5 Å². The molecule has 2 aromatic heterocycles. The number of aromatic nitrogens is 8.